The number of nitrogens with two attached hydrogens (primary N) is 1. The fraction of sp³-hybridized carbons (Fsp3) is 0.467. The molecule has 1 aromatic carbocycles. The number of anilines is 1. The molecular formula is C15H21N3OS. The van der Waals surface area contributed by atoms with Crippen molar-refractivity contribution in [3.63, 3.8) is 0 Å². The van der Waals surface area contributed by atoms with Gasteiger partial charge in [-0.1, -0.05) is 12.2 Å². The van der Waals surface area contributed by atoms with E-state index in [0.717, 1.165) is 42.6 Å². The Balaban J connectivity index is 1.72. The fourth-order valence-corrected chi connectivity index (χ4v) is 2.29. The Kier molecular flexibility index (Phi) is 4.95. The fourth-order valence-electron chi connectivity index (χ4n) is 2.06. The van der Waals surface area contributed by atoms with E-state index in [9.17, 15) is 4.79 Å². The van der Waals surface area contributed by atoms with Crippen LogP contribution in [0.5, 0.6) is 0 Å². The number of rotatable bonds is 7. The van der Waals surface area contributed by atoms with Gasteiger partial charge in [-0.15, -0.1) is 0 Å². The van der Waals surface area contributed by atoms with Gasteiger partial charge in [-0.05, 0) is 49.9 Å². The van der Waals surface area contributed by atoms with Crippen molar-refractivity contribution in [1.29, 1.82) is 0 Å². The van der Waals surface area contributed by atoms with E-state index < -0.39 is 0 Å². The van der Waals surface area contributed by atoms with E-state index in [2.05, 4.69) is 10.6 Å². The van der Waals surface area contributed by atoms with E-state index in [-0.39, 0.29) is 5.91 Å². The normalized spacial score (nSPS) is 13.8. The summed E-state index contributed by atoms with van der Waals surface area (Å²) >= 11 is 4.98. The molecule has 1 amide bonds. The molecule has 1 aromatic rings. The highest BCUT2D eigenvalue weighted by Gasteiger charge is 2.22. The molecule has 4 nitrogen and oxygen atoms in total. The number of carbonyl (C=O) groups excluding carboxylic acids is 1. The zero-order valence-corrected chi connectivity index (χ0v) is 12.6. The van der Waals surface area contributed by atoms with Crippen molar-refractivity contribution < 1.29 is 4.79 Å². The molecule has 1 fully saturated rings. The van der Waals surface area contributed by atoms with Crippen LogP contribution in [-0.2, 0) is 4.79 Å². The maximum atomic E-state index is 11.5. The molecule has 0 atom stereocenters. The first-order chi connectivity index (χ1) is 9.56. The number of aryl methyl sites for hydroxylation is 1. The van der Waals surface area contributed by atoms with Gasteiger partial charge >= 0.3 is 0 Å². The van der Waals surface area contributed by atoms with Gasteiger partial charge < -0.3 is 16.4 Å². The zero-order chi connectivity index (χ0) is 14.5. The Hall–Kier alpha value is -1.62. The van der Waals surface area contributed by atoms with Crippen molar-refractivity contribution in [3.8, 4) is 0 Å². The van der Waals surface area contributed by atoms with Gasteiger partial charge in [-0.2, -0.15) is 0 Å². The quantitative estimate of drug-likeness (QED) is 0.531. The highest BCUT2D eigenvalue weighted by atomic mass is 32.1. The topological polar surface area (TPSA) is 67.2 Å². The molecule has 5 heteroatoms. The molecular weight excluding hydrogens is 270 g/mol. The van der Waals surface area contributed by atoms with Crippen molar-refractivity contribution in [2.24, 2.45) is 5.73 Å². The molecule has 0 radical (unpaired) electrons. The van der Waals surface area contributed by atoms with Crippen LogP contribution >= 0.6 is 12.2 Å². The summed E-state index contributed by atoms with van der Waals surface area (Å²) in [6.45, 7) is 2.77. The standard InChI is InChI=1S/C15H21N3OS/c1-10-9-12(6-7-13(10)15(16)20)17-8-2-3-14(19)18-11-4-5-11/h6-7,9,11,17H,2-5,8H2,1H3,(H2,16,20)(H,18,19). The summed E-state index contributed by atoms with van der Waals surface area (Å²) in [6.07, 6.45) is 3.68. The lowest BCUT2D eigenvalue weighted by Gasteiger charge is -2.10. The third kappa shape index (κ3) is 4.49. The number of carbonyl (C=O) groups is 1. The third-order valence-electron chi connectivity index (χ3n) is 3.34. The molecule has 1 aliphatic rings. The smallest absolute Gasteiger partial charge is 0.220 e. The maximum absolute atomic E-state index is 11.5. The molecule has 0 bridgehead atoms. The number of thiocarbonyl (C=S) groups is 1. The van der Waals surface area contributed by atoms with Gasteiger partial charge in [0.1, 0.15) is 4.99 Å². The largest absolute Gasteiger partial charge is 0.389 e. The molecule has 20 heavy (non-hydrogen) atoms. The van der Waals surface area contributed by atoms with Crippen LogP contribution in [0.2, 0.25) is 0 Å². The summed E-state index contributed by atoms with van der Waals surface area (Å²) in [6, 6.07) is 6.37. The average Bonchev–Trinajstić information content (AvgIpc) is 3.18. The van der Waals surface area contributed by atoms with Crippen LogP contribution in [-0.4, -0.2) is 23.5 Å². The summed E-state index contributed by atoms with van der Waals surface area (Å²) in [7, 11) is 0. The Morgan fingerprint density at radius 2 is 2.20 bits per heavy atom. The number of hydrogen-bond donors (Lipinski definition) is 3. The zero-order valence-electron chi connectivity index (χ0n) is 11.7. The molecule has 0 heterocycles. The first-order valence-electron chi connectivity index (χ1n) is 7.00. The van der Waals surface area contributed by atoms with E-state index in [0.29, 0.717) is 17.5 Å². The van der Waals surface area contributed by atoms with Crippen LogP contribution in [0.3, 0.4) is 0 Å². The third-order valence-corrected chi connectivity index (χ3v) is 3.56. The molecule has 0 unspecified atom stereocenters. The molecule has 2 rings (SSSR count). The summed E-state index contributed by atoms with van der Waals surface area (Å²) in [4.78, 5) is 11.9. The number of benzene rings is 1. The summed E-state index contributed by atoms with van der Waals surface area (Å²) < 4.78 is 0. The lowest BCUT2D eigenvalue weighted by atomic mass is 10.1. The Bertz CT molecular complexity index is 512. The first kappa shape index (κ1) is 14.8. The average molecular weight is 291 g/mol. The lowest BCUT2D eigenvalue weighted by Crippen LogP contribution is -2.25. The Labute approximate surface area is 125 Å². The highest BCUT2D eigenvalue weighted by molar-refractivity contribution is 7.80. The van der Waals surface area contributed by atoms with Crippen LogP contribution in [0.15, 0.2) is 18.2 Å². The minimum atomic E-state index is 0.161. The maximum Gasteiger partial charge on any atom is 0.220 e. The number of nitrogens with one attached hydrogen (secondary N) is 2. The first-order valence-corrected chi connectivity index (χ1v) is 7.41. The molecule has 108 valence electrons. The molecule has 0 aliphatic heterocycles. The summed E-state index contributed by atoms with van der Waals surface area (Å²) in [5.41, 5.74) is 8.64. The molecule has 1 aliphatic carbocycles. The molecule has 0 aromatic heterocycles. The molecule has 1 saturated carbocycles. The molecule has 4 N–H and O–H groups in total. The highest BCUT2D eigenvalue weighted by Crippen LogP contribution is 2.19. The number of hydrogen-bond acceptors (Lipinski definition) is 3. The molecule has 0 saturated heterocycles. The van der Waals surface area contributed by atoms with Crippen molar-refractivity contribution >= 4 is 28.8 Å². The van der Waals surface area contributed by atoms with E-state index in [4.69, 9.17) is 18.0 Å². The van der Waals surface area contributed by atoms with Crippen molar-refractivity contribution in [3.05, 3.63) is 29.3 Å². The van der Waals surface area contributed by atoms with Gasteiger partial charge in [0.05, 0.1) is 0 Å². The Morgan fingerprint density at radius 3 is 2.80 bits per heavy atom. The van der Waals surface area contributed by atoms with Crippen LogP contribution in [0, 0.1) is 6.92 Å². The predicted molar refractivity (Wildman–Crippen MR) is 86.0 cm³/mol. The minimum absolute atomic E-state index is 0.161. The van der Waals surface area contributed by atoms with Crippen LogP contribution in [0.25, 0.3) is 0 Å². The van der Waals surface area contributed by atoms with Crippen LogP contribution in [0.1, 0.15) is 36.8 Å². The van der Waals surface area contributed by atoms with E-state index >= 15 is 0 Å². The van der Waals surface area contributed by atoms with Crippen molar-refractivity contribution in [1.82, 2.24) is 5.32 Å². The van der Waals surface area contributed by atoms with Gasteiger partial charge in [0.15, 0.2) is 0 Å². The lowest BCUT2D eigenvalue weighted by molar-refractivity contribution is -0.121. The summed E-state index contributed by atoms with van der Waals surface area (Å²) in [5.74, 6) is 0.161. The monoisotopic (exact) mass is 291 g/mol. The van der Waals surface area contributed by atoms with Crippen LogP contribution < -0.4 is 16.4 Å². The van der Waals surface area contributed by atoms with Crippen molar-refractivity contribution in [2.45, 2.75) is 38.6 Å². The van der Waals surface area contributed by atoms with E-state index in [1.54, 1.807) is 0 Å². The van der Waals surface area contributed by atoms with Gasteiger partial charge in [0.25, 0.3) is 0 Å². The van der Waals surface area contributed by atoms with Crippen LogP contribution in [0.4, 0.5) is 5.69 Å². The second kappa shape index (κ2) is 6.70. The Morgan fingerprint density at radius 1 is 1.45 bits per heavy atom. The SMILES string of the molecule is Cc1cc(NCCCC(=O)NC2CC2)ccc1C(N)=S. The predicted octanol–water partition coefficient (Wildman–Crippen LogP) is 2.10. The summed E-state index contributed by atoms with van der Waals surface area (Å²) in [5, 5.41) is 6.30. The van der Waals surface area contributed by atoms with Gasteiger partial charge in [-0.3, -0.25) is 4.79 Å². The minimum Gasteiger partial charge on any atom is -0.389 e. The van der Waals surface area contributed by atoms with E-state index in [1.807, 2.05) is 25.1 Å². The van der Waals surface area contributed by atoms with Gasteiger partial charge in [0.2, 0.25) is 5.91 Å². The van der Waals surface area contributed by atoms with E-state index in [1.165, 1.54) is 0 Å². The van der Waals surface area contributed by atoms with Gasteiger partial charge in [-0.25, -0.2) is 0 Å². The number of amides is 1. The van der Waals surface area contributed by atoms with Crippen molar-refractivity contribution in [2.75, 3.05) is 11.9 Å². The second-order valence-electron chi connectivity index (χ2n) is 5.27. The van der Waals surface area contributed by atoms with Gasteiger partial charge in [0, 0.05) is 30.3 Å². The second-order valence-corrected chi connectivity index (χ2v) is 5.71. The molecule has 0 spiro atoms.